The van der Waals surface area contributed by atoms with Crippen molar-refractivity contribution in [2.75, 3.05) is 27.2 Å². The van der Waals surface area contributed by atoms with E-state index < -0.39 is 6.10 Å². The lowest BCUT2D eigenvalue weighted by Crippen LogP contribution is -2.50. The molecule has 1 aromatic carbocycles. The predicted octanol–water partition coefficient (Wildman–Crippen LogP) is 2.63. The Morgan fingerprint density at radius 3 is 2.57 bits per heavy atom. The standard InChI is InChI=1S/C23H27N3O2/c1-25(2)21-18-8-3-4-9-19(18)23(22(21)28)12-15-26(16-13-23)20(27)11-10-17-7-5-6-14-24-17/h3-11,14,21-22,28H,12-13,15-16H2,1-2H3/b11-10+/t21-,22+/m0/s1. The molecule has 1 aliphatic heterocycles. The first kappa shape index (κ1) is 18.8. The number of piperidine rings is 1. The van der Waals surface area contributed by atoms with E-state index >= 15 is 0 Å². The Kier molecular flexibility index (Phi) is 5.04. The zero-order chi connectivity index (χ0) is 19.7. The van der Waals surface area contributed by atoms with Crippen LogP contribution in [0.25, 0.3) is 6.08 Å². The molecule has 0 saturated carbocycles. The number of likely N-dealkylation sites (N-methyl/N-ethyl adjacent to an activating group) is 1. The Bertz CT molecular complexity index is 870. The molecule has 1 aromatic heterocycles. The van der Waals surface area contributed by atoms with E-state index in [4.69, 9.17) is 0 Å². The van der Waals surface area contributed by atoms with E-state index in [1.807, 2.05) is 43.3 Å². The molecule has 2 atom stereocenters. The zero-order valence-corrected chi connectivity index (χ0v) is 16.5. The number of carbonyl (C=O) groups excluding carboxylic acids is 1. The molecule has 0 bridgehead atoms. The van der Waals surface area contributed by atoms with E-state index in [1.165, 1.54) is 11.1 Å². The molecule has 0 radical (unpaired) electrons. The lowest BCUT2D eigenvalue weighted by Gasteiger charge is -2.43. The number of hydrogen-bond donors (Lipinski definition) is 1. The fraction of sp³-hybridized carbons (Fsp3) is 0.391. The van der Waals surface area contributed by atoms with Crippen molar-refractivity contribution in [3.63, 3.8) is 0 Å². The summed E-state index contributed by atoms with van der Waals surface area (Å²) in [5, 5.41) is 11.3. The van der Waals surface area contributed by atoms with Crippen molar-refractivity contribution >= 4 is 12.0 Å². The minimum absolute atomic E-state index is 0.00232. The van der Waals surface area contributed by atoms with Crippen LogP contribution in [0.3, 0.4) is 0 Å². The largest absolute Gasteiger partial charge is 0.390 e. The van der Waals surface area contributed by atoms with Gasteiger partial charge in [-0.25, -0.2) is 0 Å². The van der Waals surface area contributed by atoms with E-state index in [2.05, 4.69) is 28.1 Å². The Morgan fingerprint density at radius 1 is 1.18 bits per heavy atom. The first-order chi connectivity index (χ1) is 13.5. The molecule has 5 heteroatoms. The molecular weight excluding hydrogens is 350 g/mol. The van der Waals surface area contributed by atoms with Crippen molar-refractivity contribution in [2.24, 2.45) is 0 Å². The molecule has 146 valence electrons. The third-order valence-electron chi connectivity index (χ3n) is 6.29. The number of aliphatic hydroxyl groups is 1. The van der Waals surface area contributed by atoms with Gasteiger partial charge in [-0.3, -0.25) is 9.78 Å². The van der Waals surface area contributed by atoms with Gasteiger partial charge in [0, 0.05) is 30.8 Å². The average molecular weight is 377 g/mol. The summed E-state index contributed by atoms with van der Waals surface area (Å²) in [6.45, 7) is 1.30. The van der Waals surface area contributed by atoms with Gasteiger partial charge in [-0.1, -0.05) is 30.3 Å². The summed E-state index contributed by atoms with van der Waals surface area (Å²) in [6.07, 6.45) is 6.17. The minimum atomic E-state index is -0.457. The van der Waals surface area contributed by atoms with E-state index in [0.29, 0.717) is 13.1 Å². The van der Waals surface area contributed by atoms with Gasteiger partial charge in [-0.2, -0.15) is 0 Å². The number of aromatic nitrogens is 1. The van der Waals surface area contributed by atoms with Crippen LogP contribution < -0.4 is 0 Å². The number of benzene rings is 1. The molecule has 28 heavy (non-hydrogen) atoms. The van der Waals surface area contributed by atoms with Crippen LogP contribution in [0.1, 0.15) is 35.7 Å². The van der Waals surface area contributed by atoms with Crippen molar-refractivity contribution in [3.05, 3.63) is 71.6 Å². The van der Waals surface area contributed by atoms with Gasteiger partial charge in [0.05, 0.1) is 17.8 Å². The van der Waals surface area contributed by atoms with Crippen molar-refractivity contribution in [1.29, 1.82) is 0 Å². The monoisotopic (exact) mass is 377 g/mol. The third-order valence-corrected chi connectivity index (χ3v) is 6.29. The van der Waals surface area contributed by atoms with Gasteiger partial charge in [0.1, 0.15) is 0 Å². The summed E-state index contributed by atoms with van der Waals surface area (Å²) in [4.78, 5) is 20.8. The summed E-state index contributed by atoms with van der Waals surface area (Å²) in [5.41, 5.74) is 2.97. The third kappa shape index (κ3) is 3.15. The number of fused-ring (bicyclic) bond motifs is 2. The fourth-order valence-electron chi connectivity index (χ4n) is 4.83. The maximum atomic E-state index is 12.6. The molecule has 1 spiro atoms. The van der Waals surface area contributed by atoms with Crippen LogP contribution in [0.2, 0.25) is 0 Å². The van der Waals surface area contributed by atoms with E-state index in [0.717, 1.165) is 18.5 Å². The quantitative estimate of drug-likeness (QED) is 0.836. The maximum absolute atomic E-state index is 12.6. The summed E-state index contributed by atoms with van der Waals surface area (Å²) in [6, 6.07) is 14.0. The predicted molar refractivity (Wildman–Crippen MR) is 110 cm³/mol. The molecule has 2 heterocycles. The highest BCUT2D eigenvalue weighted by Crippen LogP contribution is 2.52. The van der Waals surface area contributed by atoms with Gasteiger partial charge < -0.3 is 14.9 Å². The van der Waals surface area contributed by atoms with Crippen LogP contribution in [-0.2, 0) is 10.2 Å². The highest BCUT2D eigenvalue weighted by atomic mass is 16.3. The van der Waals surface area contributed by atoms with Gasteiger partial charge in [0.25, 0.3) is 0 Å². The first-order valence-corrected chi connectivity index (χ1v) is 9.85. The Morgan fingerprint density at radius 2 is 1.89 bits per heavy atom. The molecule has 2 aromatic rings. The maximum Gasteiger partial charge on any atom is 0.246 e. The van der Waals surface area contributed by atoms with Crippen LogP contribution >= 0.6 is 0 Å². The summed E-state index contributed by atoms with van der Waals surface area (Å²) >= 11 is 0. The number of likely N-dealkylation sites (tertiary alicyclic amines) is 1. The number of rotatable bonds is 3. The van der Waals surface area contributed by atoms with Crippen LogP contribution in [0, 0.1) is 0 Å². The van der Waals surface area contributed by atoms with Gasteiger partial charge in [0.15, 0.2) is 0 Å². The molecule has 1 aliphatic carbocycles. The summed E-state index contributed by atoms with van der Waals surface area (Å²) < 4.78 is 0. The van der Waals surface area contributed by atoms with Gasteiger partial charge in [-0.05, 0) is 56.3 Å². The van der Waals surface area contributed by atoms with E-state index in [-0.39, 0.29) is 17.4 Å². The van der Waals surface area contributed by atoms with Crippen molar-refractivity contribution < 1.29 is 9.90 Å². The van der Waals surface area contributed by atoms with Gasteiger partial charge in [-0.15, -0.1) is 0 Å². The number of hydrogen-bond acceptors (Lipinski definition) is 4. The van der Waals surface area contributed by atoms with Crippen molar-refractivity contribution in [2.45, 2.75) is 30.4 Å². The fourth-order valence-corrected chi connectivity index (χ4v) is 4.83. The zero-order valence-electron chi connectivity index (χ0n) is 16.5. The molecule has 0 unspecified atom stereocenters. The van der Waals surface area contributed by atoms with Crippen LogP contribution in [0.15, 0.2) is 54.7 Å². The summed E-state index contributed by atoms with van der Waals surface area (Å²) in [5.74, 6) is 0.00503. The van der Waals surface area contributed by atoms with E-state index in [1.54, 1.807) is 18.3 Å². The molecule has 1 N–H and O–H groups in total. The normalized spacial score (nSPS) is 23.5. The van der Waals surface area contributed by atoms with Gasteiger partial charge >= 0.3 is 0 Å². The Balaban J connectivity index is 1.50. The molecule has 1 saturated heterocycles. The summed E-state index contributed by atoms with van der Waals surface area (Å²) in [7, 11) is 4.04. The Hall–Kier alpha value is -2.50. The molecule has 1 fully saturated rings. The van der Waals surface area contributed by atoms with Crippen LogP contribution in [0.4, 0.5) is 0 Å². The first-order valence-electron chi connectivity index (χ1n) is 9.85. The van der Waals surface area contributed by atoms with E-state index in [9.17, 15) is 9.90 Å². The number of aliphatic hydroxyl groups excluding tert-OH is 1. The lowest BCUT2D eigenvalue weighted by atomic mass is 9.72. The Labute approximate surface area is 166 Å². The van der Waals surface area contributed by atoms with Crippen molar-refractivity contribution in [1.82, 2.24) is 14.8 Å². The highest BCUT2D eigenvalue weighted by Gasteiger charge is 2.53. The topological polar surface area (TPSA) is 56.7 Å². The minimum Gasteiger partial charge on any atom is -0.390 e. The second-order valence-electron chi connectivity index (χ2n) is 8.01. The molecule has 4 rings (SSSR count). The van der Waals surface area contributed by atoms with Crippen LogP contribution in [0.5, 0.6) is 0 Å². The number of carbonyl (C=O) groups is 1. The smallest absolute Gasteiger partial charge is 0.246 e. The molecular formula is C23H27N3O2. The second-order valence-corrected chi connectivity index (χ2v) is 8.01. The number of amides is 1. The number of pyridine rings is 1. The lowest BCUT2D eigenvalue weighted by molar-refractivity contribution is -0.128. The SMILES string of the molecule is CN(C)[C@H]1c2ccccc2C2(CCN(C(=O)/C=C/c3ccccn3)CC2)[C@@H]1O. The average Bonchev–Trinajstić information content (AvgIpc) is 2.96. The molecule has 2 aliphatic rings. The van der Waals surface area contributed by atoms with Crippen molar-refractivity contribution in [3.8, 4) is 0 Å². The molecule has 1 amide bonds. The second kappa shape index (κ2) is 7.49. The number of nitrogens with zero attached hydrogens (tertiary/aromatic N) is 3. The van der Waals surface area contributed by atoms with Crippen LogP contribution in [-0.4, -0.2) is 59.1 Å². The van der Waals surface area contributed by atoms with Gasteiger partial charge in [0.2, 0.25) is 5.91 Å². The molecule has 5 nitrogen and oxygen atoms in total. The highest BCUT2D eigenvalue weighted by molar-refractivity contribution is 5.91.